The van der Waals surface area contributed by atoms with Crippen LogP contribution >= 0.6 is 11.8 Å². The Bertz CT molecular complexity index is 951. The van der Waals surface area contributed by atoms with Gasteiger partial charge in [0.2, 0.25) is 11.8 Å². The first-order chi connectivity index (χ1) is 13.7. The van der Waals surface area contributed by atoms with Gasteiger partial charge in [0.05, 0.1) is 5.69 Å². The Labute approximate surface area is 176 Å². The average Bonchev–Trinajstić information content (AvgIpc) is 2.93. The summed E-state index contributed by atoms with van der Waals surface area (Å²) < 4.78 is 0. The number of benzene rings is 2. The number of nitrogens with one attached hydrogen (secondary N) is 1. The Morgan fingerprint density at radius 3 is 2.45 bits per heavy atom. The molecular weight excluding hydrogens is 382 g/mol. The molecule has 3 rings (SSSR count). The fourth-order valence-electron chi connectivity index (χ4n) is 3.04. The highest BCUT2D eigenvalue weighted by atomic mass is 32.2. The third-order valence-corrected chi connectivity index (χ3v) is 6.32. The molecule has 1 fully saturated rings. The van der Waals surface area contributed by atoms with E-state index in [2.05, 4.69) is 36.3 Å². The zero-order valence-corrected chi connectivity index (χ0v) is 18.3. The Hall–Kier alpha value is -2.60. The molecule has 29 heavy (non-hydrogen) atoms. The lowest BCUT2D eigenvalue weighted by molar-refractivity contribution is -0.127. The second-order valence-corrected chi connectivity index (χ2v) is 8.87. The van der Waals surface area contributed by atoms with Crippen LogP contribution in [0, 0.1) is 13.8 Å². The molecule has 5 nitrogen and oxygen atoms in total. The molecule has 1 aliphatic heterocycles. The van der Waals surface area contributed by atoms with Crippen LogP contribution in [0.3, 0.4) is 0 Å². The van der Waals surface area contributed by atoms with E-state index in [0.29, 0.717) is 11.1 Å². The fraction of sp³-hybridized carbons (Fsp3) is 0.348. The highest BCUT2D eigenvalue weighted by Gasteiger charge is 2.37. The van der Waals surface area contributed by atoms with Gasteiger partial charge in [0.1, 0.15) is 5.25 Å². The van der Waals surface area contributed by atoms with Gasteiger partial charge in [0.25, 0.3) is 0 Å². The summed E-state index contributed by atoms with van der Waals surface area (Å²) in [7, 11) is 1.71. The summed E-state index contributed by atoms with van der Waals surface area (Å²) in [4.78, 5) is 31.2. The van der Waals surface area contributed by atoms with Crippen molar-refractivity contribution in [2.75, 3.05) is 12.4 Å². The van der Waals surface area contributed by atoms with Crippen molar-refractivity contribution in [1.82, 2.24) is 4.90 Å². The molecular formula is C23H27N3O2S. The molecule has 1 aliphatic rings. The van der Waals surface area contributed by atoms with Gasteiger partial charge in [0.15, 0.2) is 5.17 Å². The third kappa shape index (κ3) is 5.07. The second-order valence-electron chi connectivity index (χ2n) is 7.70. The molecule has 2 aromatic rings. The quantitative estimate of drug-likeness (QED) is 0.754. The minimum absolute atomic E-state index is 0.0946. The Kier molecular flexibility index (Phi) is 6.42. The summed E-state index contributed by atoms with van der Waals surface area (Å²) in [5.74, 6) is 0.194. The third-order valence-electron chi connectivity index (χ3n) is 5.09. The summed E-state index contributed by atoms with van der Waals surface area (Å²) in [6.07, 6.45) is 0.117. The maximum Gasteiger partial charge on any atom is 0.242 e. The molecule has 0 bridgehead atoms. The second kappa shape index (κ2) is 8.82. The number of nitrogens with zero attached hydrogens (tertiary/aromatic N) is 2. The van der Waals surface area contributed by atoms with Crippen LogP contribution in [-0.4, -0.2) is 34.2 Å². The van der Waals surface area contributed by atoms with Crippen LogP contribution in [0.15, 0.2) is 47.5 Å². The minimum atomic E-state index is -0.458. The molecule has 1 N–H and O–H groups in total. The highest BCUT2D eigenvalue weighted by Crippen LogP contribution is 2.31. The number of amidine groups is 1. The van der Waals surface area contributed by atoms with Gasteiger partial charge in [-0.15, -0.1) is 0 Å². The molecule has 6 heteroatoms. The molecule has 2 aromatic carbocycles. The molecule has 0 unspecified atom stereocenters. The lowest BCUT2D eigenvalue weighted by atomic mass is 10.0. The van der Waals surface area contributed by atoms with E-state index < -0.39 is 5.25 Å². The van der Waals surface area contributed by atoms with Crippen molar-refractivity contribution in [2.45, 2.75) is 45.3 Å². The van der Waals surface area contributed by atoms with E-state index in [1.807, 2.05) is 44.2 Å². The SMILES string of the molecule is Cc1ccc(NC(=O)C[C@@H]2SC(=Nc3ccc(C(C)C)cc3)N(C)C2=O)cc1C. The maximum absolute atomic E-state index is 12.6. The minimum Gasteiger partial charge on any atom is -0.326 e. The molecule has 1 heterocycles. The molecule has 1 saturated heterocycles. The van der Waals surface area contributed by atoms with Gasteiger partial charge >= 0.3 is 0 Å². The van der Waals surface area contributed by atoms with Gasteiger partial charge in [0, 0.05) is 19.2 Å². The summed E-state index contributed by atoms with van der Waals surface area (Å²) in [5, 5.41) is 3.05. The number of anilines is 1. The van der Waals surface area contributed by atoms with Crippen molar-refractivity contribution in [1.29, 1.82) is 0 Å². The molecule has 1 atom stereocenters. The normalized spacial score (nSPS) is 18.0. The number of amides is 2. The summed E-state index contributed by atoms with van der Waals surface area (Å²) in [5.41, 5.74) is 5.09. The number of hydrogen-bond acceptors (Lipinski definition) is 4. The Morgan fingerprint density at radius 1 is 1.14 bits per heavy atom. The molecule has 152 valence electrons. The first-order valence-corrected chi connectivity index (χ1v) is 10.6. The van der Waals surface area contributed by atoms with E-state index in [-0.39, 0.29) is 18.2 Å². The van der Waals surface area contributed by atoms with Crippen LogP contribution in [0.2, 0.25) is 0 Å². The predicted molar refractivity (Wildman–Crippen MR) is 121 cm³/mol. The van der Waals surface area contributed by atoms with Crippen LogP contribution < -0.4 is 5.32 Å². The zero-order valence-electron chi connectivity index (χ0n) is 17.5. The van der Waals surface area contributed by atoms with E-state index in [1.54, 1.807) is 7.05 Å². The van der Waals surface area contributed by atoms with Gasteiger partial charge in [-0.05, 0) is 60.7 Å². The number of carbonyl (C=O) groups is 2. The van der Waals surface area contributed by atoms with Gasteiger partial charge < -0.3 is 5.32 Å². The molecule has 0 radical (unpaired) electrons. The average molecular weight is 410 g/mol. The first-order valence-electron chi connectivity index (χ1n) is 9.74. The molecule has 0 aromatic heterocycles. The number of hydrogen-bond donors (Lipinski definition) is 1. The standard InChI is InChI=1S/C23H27N3O2S/c1-14(2)17-7-10-18(11-8-17)25-23-26(5)22(28)20(29-23)13-21(27)24-19-9-6-15(3)16(4)12-19/h6-12,14,20H,13H2,1-5H3,(H,24,27)/t20-/m0/s1. The Balaban J connectivity index is 1.66. The van der Waals surface area contributed by atoms with Gasteiger partial charge in [-0.3, -0.25) is 14.5 Å². The number of aryl methyl sites for hydroxylation is 2. The van der Waals surface area contributed by atoms with Gasteiger partial charge in [-0.2, -0.15) is 0 Å². The van der Waals surface area contributed by atoms with E-state index in [0.717, 1.165) is 16.9 Å². The summed E-state index contributed by atoms with van der Waals surface area (Å²) >= 11 is 1.34. The number of carbonyl (C=O) groups excluding carboxylic acids is 2. The molecule has 0 aliphatic carbocycles. The van der Waals surface area contributed by atoms with Crippen molar-refractivity contribution >= 4 is 40.1 Å². The molecule has 0 saturated carbocycles. The van der Waals surface area contributed by atoms with Crippen LogP contribution in [0.4, 0.5) is 11.4 Å². The van der Waals surface area contributed by atoms with Crippen LogP contribution in [0.25, 0.3) is 0 Å². The largest absolute Gasteiger partial charge is 0.326 e. The molecule has 2 amide bonds. The number of aliphatic imine (C=N–C) groups is 1. The van der Waals surface area contributed by atoms with Crippen molar-refractivity contribution in [3.8, 4) is 0 Å². The van der Waals surface area contributed by atoms with E-state index in [1.165, 1.54) is 27.8 Å². The summed E-state index contributed by atoms with van der Waals surface area (Å²) in [6.45, 7) is 8.33. The zero-order chi connectivity index (χ0) is 21.1. The van der Waals surface area contributed by atoms with E-state index in [4.69, 9.17) is 0 Å². The predicted octanol–water partition coefficient (Wildman–Crippen LogP) is 5.02. The van der Waals surface area contributed by atoms with Gasteiger partial charge in [-0.1, -0.05) is 43.8 Å². The monoisotopic (exact) mass is 409 g/mol. The van der Waals surface area contributed by atoms with Crippen LogP contribution in [-0.2, 0) is 9.59 Å². The summed E-state index contributed by atoms with van der Waals surface area (Å²) in [6, 6.07) is 13.8. The maximum atomic E-state index is 12.6. The Morgan fingerprint density at radius 2 is 1.83 bits per heavy atom. The van der Waals surface area contributed by atoms with Crippen LogP contribution in [0.1, 0.15) is 42.9 Å². The van der Waals surface area contributed by atoms with Crippen molar-refractivity contribution in [3.05, 3.63) is 59.2 Å². The molecule has 0 spiro atoms. The van der Waals surface area contributed by atoms with Gasteiger partial charge in [-0.25, -0.2) is 4.99 Å². The van der Waals surface area contributed by atoms with Crippen molar-refractivity contribution in [2.24, 2.45) is 4.99 Å². The van der Waals surface area contributed by atoms with Crippen molar-refractivity contribution < 1.29 is 9.59 Å². The topological polar surface area (TPSA) is 61.8 Å². The fourth-order valence-corrected chi connectivity index (χ4v) is 4.20. The number of thioether (sulfide) groups is 1. The highest BCUT2D eigenvalue weighted by molar-refractivity contribution is 8.15. The first kappa shape index (κ1) is 21.1. The van der Waals surface area contributed by atoms with E-state index in [9.17, 15) is 9.59 Å². The van der Waals surface area contributed by atoms with Crippen LogP contribution in [0.5, 0.6) is 0 Å². The lowest BCUT2D eigenvalue weighted by Crippen LogP contribution is -2.30. The number of rotatable bonds is 5. The van der Waals surface area contributed by atoms with Crippen molar-refractivity contribution in [3.63, 3.8) is 0 Å². The smallest absolute Gasteiger partial charge is 0.242 e. The van der Waals surface area contributed by atoms with E-state index >= 15 is 0 Å². The lowest BCUT2D eigenvalue weighted by Gasteiger charge is -2.10.